The molecule has 0 aliphatic heterocycles. The molecule has 2 rings (SSSR count). The van der Waals surface area contributed by atoms with Gasteiger partial charge < -0.3 is 5.11 Å². The largest absolute Gasteiger partial charge is 0.506 e. The number of hydrogen-bond donors (Lipinski definition) is 2. The Bertz CT molecular complexity index is 915. The summed E-state index contributed by atoms with van der Waals surface area (Å²) in [7, 11) is 0. The highest BCUT2D eigenvalue weighted by Crippen LogP contribution is 2.30. The summed E-state index contributed by atoms with van der Waals surface area (Å²) >= 11 is 6.37. The Balaban J connectivity index is 2.25. The molecule has 0 aliphatic carbocycles. The van der Waals surface area contributed by atoms with Crippen LogP contribution in [0.5, 0.6) is 5.75 Å². The van der Waals surface area contributed by atoms with Gasteiger partial charge in [0.05, 0.1) is 32.2 Å². The highest BCUT2D eigenvalue weighted by atomic mass is 79.9. The van der Waals surface area contributed by atoms with Crippen LogP contribution in [0.1, 0.15) is 15.9 Å². The molecule has 0 atom stereocenters. The number of rotatable bonds is 5. The van der Waals surface area contributed by atoms with Gasteiger partial charge >= 0.3 is 0 Å². The van der Waals surface area contributed by atoms with Crippen LogP contribution in [-0.2, 0) is 0 Å². The van der Waals surface area contributed by atoms with E-state index >= 15 is 0 Å². The Kier molecular flexibility index (Phi) is 6.00. The fourth-order valence-corrected chi connectivity index (χ4v) is 3.10. The maximum absolute atomic E-state index is 12.1. The van der Waals surface area contributed by atoms with Gasteiger partial charge in [-0.3, -0.25) is 25.0 Å². The Morgan fingerprint density at radius 1 is 1.08 bits per heavy atom. The third-order valence-corrected chi connectivity index (χ3v) is 4.08. The second-order valence-electron chi connectivity index (χ2n) is 4.78. The van der Waals surface area contributed by atoms with Crippen LogP contribution >= 0.6 is 31.9 Å². The van der Waals surface area contributed by atoms with Crippen LogP contribution < -0.4 is 5.43 Å². The lowest BCUT2D eigenvalue weighted by molar-refractivity contribution is -0.394. The van der Waals surface area contributed by atoms with E-state index in [1.54, 1.807) is 6.07 Å². The second-order valence-corrected chi connectivity index (χ2v) is 6.55. The molecule has 0 fully saturated rings. The molecular formula is C14H8Br2N4O6. The van der Waals surface area contributed by atoms with Gasteiger partial charge in [0.2, 0.25) is 0 Å². The summed E-state index contributed by atoms with van der Waals surface area (Å²) in [5.41, 5.74) is 0.870. The first kappa shape index (κ1) is 19.5. The number of non-ortho nitro benzene ring substituents is 2. The number of benzene rings is 2. The second kappa shape index (κ2) is 8.01. The highest BCUT2D eigenvalue weighted by molar-refractivity contribution is 9.11. The van der Waals surface area contributed by atoms with E-state index in [1.807, 2.05) is 0 Å². The highest BCUT2D eigenvalue weighted by Gasteiger charge is 2.19. The van der Waals surface area contributed by atoms with Gasteiger partial charge in [0.25, 0.3) is 17.3 Å². The molecule has 0 heterocycles. The summed E-state index contributed by atoms with van der Waals surface area (Å²) in [4.78, 5) is 32.0. The summed E-state index contributed by atoms with van der Waals surface area (Å²) in [5.74, 6) is -1.00. The number of aromatic hydroxyl groups is 1. The van der Waals surface area contributed by atoms with E-state index in [0.717, 1.165) is 24.4 Å². The van der Waals surface area contributed by atoms with E-state index in [-0.39, 0.29) is 16.9 Å². The zero-order chi connectivity index (χ0) is 19.4. The van der Waals surface area contributed by atoms with E-state index in [2.05, 4.69) is 42.4 Å². The molecule has 134 valence electrons. The van der Waals surface area contributed by atoms with Gasteiger partial charge in [0.15, 0.2) is 0 Å². The number of hydrogen-bond acceptors (Lipinski definition) is 7. The minimum Gasteiger partial charge on any atom is -0.506 e. The predicted molar refractivity (Wildman–Crippen MR) is 98.3 cm³/mol. The molecule has 2 N–H and O–H groups in total. The van der Waals surface area contributed by atoms with Gasteiger partial charge in [0.1, 0.15) is 5.75 Å². The number of amides is 1. The molecule has 0 bridgehead atoms. The van der Waals surface area contributed by atoms with Crippen molar-refractivity contribution < 1.29 is 19.7 Å². The Morgan fingerprint density at radius 2 is 1.65 bits per heavy atom. The standard InChI is InChI=1S/C14H8Br2N4O6/c15-9-1-8(13(21)12(16)4-9)6-17-18-14(22)7-2-10(19(23)24)5-11(3-7)20(25)26/h1-6,21H,(H,18,22)/b17-6-. The van der Waals surface area contributed by atoms with Crippen molar-refractivity contribution in [2.45, 2.75) is 0 Å². The molecule has 2 aromatic carbocycles. The van der Waals surface area contributed by atoms with Crippen molar-refractivity contribution in [1.82, 2.24) is 5.43 Å². The van der Waals surface area contributed by atoms with Gasteiger partial charge in [-0.2, -0.15) is 5.10 Å². The van der Waals surface area contributed by atoms with E-state index in [4.69, 9.17) is 0 Å². The summed E-state index contributed by atoms with van der Waals surface area (Å²) < 4.78 is 1.04. The predicted octanol–water partition coefficient (Wildman–Crippen LogP) is 3.50. The first-order chi connectivity index (χ1) is 12.2. The van der Waals surface area contributed by atoms with Crippen molar-refractivity contribution in [3.05, 3.63) is 70.6 Å². The fourth-order valence-electron chi connectivity index (χ4n) is 1.85. The van der Waals surface area contributed by atoms with E-state index in [0.29, 0.717) is 8.95 Å². The lowest BCUT2D eigenvalue weighted by Gasteiger charge is -2.03. The zero-order valence-corrected chi connectivity index (χ0v) is 15.7. The van der Waals surface area contributed by atoms with E-state index in [9.17, 15) is 30.1 Å². The number of phenols is 1. The molecule has 26 heavy (non-hydrogen) atoms. The van der Waals surface area contributed by atoms with Crippen LogP contribution in [0.3, 0.4) is 0 Å². The van der Waals surface area contributed by atoms with Crippen molar-refractivity contribution >= 4 is 55.4 Å². The smallest absolute Gasteiger partial charge is 0.277 e. The first-order valence-corrected chi connectivity index (χ1v) is 8.23. The van der Waals surface area contributed by atoms with E-state index in [1.165, 1.54) is 6.07 Å². The number of carbonyl (C=O) groups is 1. The Morgan fingerprint density at radius 3 is 2.19 bits per heavy atom. The molecule has 10 nitrogen and oxygen atoms in total. The Hall–Kier alpha value is -2.86. The van der Waals surface area contributed by atoms with Gasteiger partial charge in [-0.25, -0.2) is 5.43 Å². The maximum atomic E-state index is 12.1. The van der Waals surface area contributed by atoms with Crippen LogP contribution in [0, 0.1) is 20.2 Å². The minimum absolute atomic E-state index is 0.114. The van der Waals surface area contributed by atoms with Crippen molar-refractivity contribution in [2.75, 3.05) is 0 Å². The lowest BCUT2D eigenvalue weighted by atomic mass is 10.1. The molecule has 0 radical (unpaired) electrons. The Labute approximate surface area is 162 Å². The average molecular weight is 488 g/mol. The zero-order valence-electron chi connectivity index (χ0n) is 12.6. The van der Waals surface area contributed by atoms with E-state index < -0.39 is 27.1 Å². The van der Waals surface area contributed by atoms with Gasteiger partial charge in [0, 0.05) is 22.2 Å². The van der Waals surface area contributed by atoms with Gasteiger partial charge in [-0.1, -0.05) is 15.9 Å². The number of carbonyl (C=O) groups excluding carboxylic acids is 1. The molecule has 12 heteroatoms. The molecular weight excluding hydrogens is 480 g/mol. The van der Waals surface area contributed by atoms with Crippen molar-refractivity contribution in [3.63, 3.8) is 0 Å². The number of phenolic OH excluding ortho intramolecular Hbond substituents is 1. The van der Waals surface area contributed by atoms with Crippen molar-refractivity contribution in [2.24, 2.45) is 5.10 Å². The molecule has 0 unspecified atom stereocenters. The maximum Gasteiger partial charge on any atom is 0.277 e. The van der Waals surface area contributed by atoms with Gasteiger partial charge in [-0.15, -0.1) is 0 Å². The number of nitro benzene ring substituents is 2. The van der Waals surface area contributed by atoms with Crippen LogP contribution in [0.4, 0.5) is 11.4 Å². The number of halogens is 2. The molecule has 0 aromatic heterocycles. The third kappa shape index (κ3) is 4.61. The van der Waals surface area contributed by atoms with Crippen LogP contribution in [0.15, 0.2) is 44.4 Å². The third-order valence-electron chi connectivity index (χ3n) is 3.01. The summed E-state index contributed by atoms with van der Waals surface area (Å²) in [6, 6.07) is 5.68. The SMILES string of the molecule is O=C(N/N=C\c1cc(Br)cc(Br)c1O)c1cc([N+](=O)[O-])cc([N+](=O)[O-])c1. The molecule has 0 spiro atoms. The van der Waals surface area contributed by atoms with Crippen molar-refractivity contribution in [1.29, 1.82) is 0 Å². The summed E-state index contributed by atoms with van der Waals surface area (Å²) in [6.45, 7) is 0. The molecule has 0 aliphatic rings. The number of hydrazone groups is 1. The normalized spacial score (nSPS) is 10.7. The fraction of sp³-hybridized carbons (Fsp3) is 0. The van der Waals surface area contributed by atoms with Crippen LogP contribution in [0.25, 0.3) is 0 Å². The first-order valence-electron chi connectivity index (χ1n) is 6.64. The van der Waals surface area contributed by atoms with Gasteiger partial charge in [-0.05, 0) is 28.1 Å². The van der Waals surface area contributed by atoms with Crippen LogP contribution in [0.2, 0.25) is 0 Å². The topological polar surface area (TPSA) is 148 Å². The molecule has 2 aromatic rings. The van der Waals surface area contributed by atoms with Crippen molar-refractivity contribution in [3.8, 4) is 5.75 Å². The monoisotopic (exact) mass is 486 g/mol. The minimum atomic E-state index is -0.887. The number of nitrogens with one attached hydrogen (secondary N) is 1. The number of nitro groups is 2. The molecule has 0 saturated carbocycles. The molecule has 1 amide bonds. The quantitative estimate of drug-likeness (QED) is 0.374. The van der Waals surface area contributed by atoms with Crippen LogP contribution in [-0.4, -0.2) is 27.1 Å². The summed E-state index contributed by atoms with van der Waals surface area (Å²) in [6.07, 6.45) is 1.15. The number of nitrogens with zero attached hydrogens (tertiary/aromatic N) is 3. The average Bonchev–Trinajstić information content (AvgIpc) is 2.58. The lowest BCUT2D eigenvalue weighted by Crippen LogP contribution is -2.18. The molecule has 0 saturated heterocycles. The summed E-state index contributed by atoms with van der Waals surface area (Å²) in [5, 5.41) is 35.2.